The number of carbonyl (C=O) groups excluding carboxylic acids is 1. The van der Waals surface area contributed by atoms with Gasteiger partial charge in [0, 0.05) is 18.3 Å². The van der Waals surface area contributed by atoms with E-state index in [1.807, 2.05) is 0 Å². The Morgan fingerprint density at radius 1 is 1.48 bits per heavy atom. The summed E-state index contributed by atoms with van der Waals surface area (Å²) in [5.74, 6) is 0. The molecule has 0 aliphatic carbocycles. The van der Waals surface area contributed by atoms with Gasteiger partial charge >= 0.3 is 6.09 Å². The predicted molar refractivity (Wildman–Crippen MR) is 72.7 cm³/mol. The van der Waals surface area contributed by atoms with Crippen LogP contribution in [0.15, 0.2) is 17.3 Å². The maximum Gasteiger partial charge on any atom is 0.407 e. The van der Waals surface area contributed by atoms with E-state index in [9.17, 15) is 14.7 Å². The minimum absolute atomic E-state index is 0.148. The number of ether oxygens (including phenoxy) is 1. The summed E-state index contributed by atoms with van der Waals surface area (Å²) in [6, 6.07) is -0.632. The minimum atomic E-state index is -0.486. The Bertz CT molecular complexity index is 709. The molecule has 9 nitrogen and oxygen atoms in total. The van der Waals surface area contributed by atoms with E-state index in [0.717, 1.165) is 5.56 Å². The third-order valence-corrected chi connectivity index (χ3v) is 3.48. The minimum Gasteiger partial charge on any atom is -0.447 e. The Morgan fingerprint density at radius 3 is 3.05 bits per heavy atom. The highest BCUT2D eigenvalue weighted by atomic mass is 16.6. The predicted octanol–water partition coefficient (Wildman–Crippen LogP) is -1.19. The zero-order valence-corrected chi connectivity index (χ0v) is 11.0. The number of nitrogens with zero attached hydrogens (tertiary/aromatic N) is 1. The van der Waals surface area contributed by atoms with E-state index in [4.69, 9.17) is 4.74 Å². The third-order valence-electron chi connectivity index (χ3n) is 3.48. The molecule has 2 atom stereocenters. The number of aromatic amines is 2. The van der Waals surface area contributed by atoms with Gasteiger partial charge in [-0.2, -0.15) is 0 Å². The molecule has 0 radical (unpaired) electrons. The number of H-pyrrole nitrogens is 2. The monoisotopic (exact) mass is 293 g/mol. The highest BCUT2D eigenvalue weighted by Gasteiger charge is 2.29. The molecule has 5 N–H and O–H groups in total. The van der Waals surface area contributed by atoms with Crippen molar-refractivity contribution < 1.29 is 14.6 Å². The van der Waals surface area contributed by atoms with Crippen LogP contribution in [0.25, 0.3) is 11.0 Å². The van der Waals surface area contributed by atoms with Gasteiger partial charge < -0.3 is 30.4 Å². The molecule has 3 heterocycles. The lowest BCUT2D eigenvalue weighted by molar-refractivity contribution is 0.170. The van der Waals surface area contributed by atoms with Crippen LogP contribution in [0.4, 0.5) is 4.79 Å². The fourth-order valence-corrected chi connectivity index (χ4v) is 2.33. The summed E-state index contributed by atoms with van der Waals surface area (Å²) in [5, 5.41) is 15.2. The second kappa shape index (κ2) is 5.54. The van der Waals surface area contributed by atoms with Gasteiger partial charge in [0.15, 0.2) is 0 Å². The lowest BCUT2D eigenvalue weighted by Gasteiger charge is -2.20. The van der Waals surface area contributed by atoms with Crippen molar-refractivity contribution in [3.05, 3.63) is 28.4 Å². The number of aliphatic hydroxyl groups excluding tert-OH is 1. The summed E-state index contributed by atoms with van der Waals surface area (Å²) in [6.45, 7) is 0.460. The maximum absolute atomic E-state index is 11.6. The molecule has 3 rings (SSSR count). The first-order chi connectivity index (χ1) is 10.2. The van der Waals surface area contributed by atoms with Gasteiger partial charge in [-0.05, 0) is 0 Å². The van der Waals surface area contributed by atoms with E-state index in [2.05, 4.69) is 25.6 Å². The van der Waals surface area contributed by atoms with Crippen LogP contribution in [0.3, 0.4) is 0 Å². The van der Waals surface area contributed by atoms with Gasteiger partial charge in [0.2, 0.25) is 0 Å². The van der Waals surface area contributed by atoms with E-state index in [0.29, 0.717) is 17.6 Å². The number of aliphatic hydroxyl groups is 1. The molecular formula is C12H15N5O4. The Hall–Kier alpha value is -2.39. The Morgan fingerprint density at radius 2 is 2.33 bits per heavy atom. The van der Waals surface area contributed by atoms with Crippen molar-refractivity contribution in [2.24, 2.45) is 0 Å². The molecule has 2 aromatic heterocycles. The summed E-state index contributed by atoms with van der Waals surface area (Å²) in [4.78, 5) is 32.1. The fourth-order valence-electron chi connectivity index (χ4n) is 2.33. The van der Waals surface area contributed by atoms with Crippen LogP contribution in [-0.4, -0.2) is 51.4 Å². The van der Waals surface area contributed by atoms with Gasteiger partial charge in [0.1, 0.15) is 12.1 Å². The molecule has 0 saturated carbocycles. The normalized spacial score (nSPS) is 19.5. The van der Waals surface area contributed by atoms with Crippen LogP contribution in [0, 0.1) is 0 Å². The van der Waals surface area contributed by atoms with Gasteiger partial charge in [0.25, 0.3) is 5.56 Å². The molecule has 1 aliphatic heterocycles. The highest BCUT2D eigenvalue weighted by Crippen LogP contribution is 2.12. The van der Waals surface area contributed by atoms with Crippen LogP contribution >= 0.6 is 0 Å². The van der Waals surface area contributed by atoms with Gasteiger partial charge in [0.05, 0.1) is 30.5 Å². The van der Waals surface area contributed by atoms with Crippen molar-refractivity contribution in [3.8, 4) is 0 Å². The third kappa shape index (κ3) is 2.60. The standard InChI is InChI=1S/C12H15N5O4/c18-3-7(8-4-21-12(20)17-8)13-1-6-2-14-10-9(6)15-5-16-11(10)19/h2,5,7-8,13-14,18H,1,3-4H2,(H,17,20)(H,15,16,19)/t7-,8-/m1/s1. The van der Waals surface area contributed by atoms with E-state index in [-0.39, 0.29) is 30.9 Å². The summed E-state index contributed by atoms with van der Waals surface area (Å²) in [5.41, 5.74) is 1.56. The molecule has 112 valence electrons. The van der Waals surface area contributed by atoms with Crippen LogP contribution in [0.2, 0.25) is 0 Å². The summed E-state index contributed by atoms with van der Waals surface area (Å²) in [7, 11) is 0. The molecule has 1 aliphatic rings. The lowest BCUT2D eigenvalue weighted by Crippen LogP contribution is -2.48. The molecule has 1 amide bonds. The van der Waals surface area contributed by atoms with Crippen molar-refractivity contribution in [1.29, 1.82) is 0 Å². The number of fused-ring (bicyclic) bond motifs is 1. The number of rotatable bonds is 5. The summed E-state index contributed by atoms with van der Waals surface area (Å²) in [6.07, 6.45) is 2.55. The van der Waals surface area contributed by atoms with Gasteiger partial charge in [-0.1, -0.05) is 0 Å². The molecule has 9 heteroatoms. The number of hydrogen-bond donors (Lipinski definition) is 5. The van der Waals surface area contributed by atoms with Crippen molar-refractivity contribution in [2.45, 2.75) is 18.6 Å². The number of carbonyl (C=O) groups is 1. The fraction of sp³-hybridized carbons (Fsp3) is 0.417. The van der Waals surface area contributed by atoms with Gasteiger partial charge in [-0.25, -0.2) is 9.78 Å². The summed E-state index contributed by atoms with van der Waals surface area (Å²) < 4.78 is 4.81. The Labute approximate surface area is 118 Å². The van der Waals surface area contributed by atoms with Gasteiger partial charge in [-0.15, -0.1) is 0 Å². The van der Waals surface area contributed by atoms with E-state index in [1.54, 1.807) is 6.20 Å². The van der Waals surface area contributed by atoms with E-state index in [1.165, 1.54) is 6.33 Å². The SMILES string of the molecule is O=C1N[C@@H]([C@@H](CO)NCc2c[nH]c3c(=O)[nH]cnc23)CO1. The van der Waals surface area contributed by atoms with Crippen molar-refractivity contribution in [1.82, 2.24) is 25.6 Å². The topological polar surface area (TPSA) is 132 Å². The zero-order valence-electron chi connectivity index (χ0n) is 11.0. The van der Waals surface area contributed by atoms with Crippen LogP contribution in [0.1, 0.15) is 5.56 Å². The van der Waals surface area contributed by atoms with Crippen LogP contribution in [-0.2, 0) is 11.3 Å². The van der Waals surface area contributed by atoms with Crippen LogP contribution < -0.4 is 16.2 Å². The first-order valence-electron chi connectivity index (χ1n) is 6.50. The second-order valence-corrected chi connectivity index (χ2v) is 4.79. The van der Waals surface area contributed by atoms with Crippen molar-refractivity contribution in [3.63, 3.8) is 0 Å². The zero-order chi connectivity index (χ0) is 14.8. The quantitative estimate of drug-likeness (QED) is 0.471. The average molecular weight is 293 g/mol. The number of cyclic esters (lactones) is 1. The number of nitrogens with one attached hydrogen (secondary N) is 4. The first-order valence-corrected chi connectivity index (χ1v) is 6.50. The molecule has 0 bridgehead atoms. The molecular weight excluding hydrogens is 278 g/mol. The molecule has 1 fully saturated rings. The second-order valence-electron chi connectivity index (χ2n) is 4.79. The highest BCUT2D eigenvalue weighted by molar-refractivity contribution is 5.77. The average Bonchev–Trinajstić information content (AvgIpc) is 3.08. The Kier molecular flexibility index (Phi) is 3.59. The number of alkyl carbamates (subject to hydrolysis) is 1. The molecule has 2 aromatic rings. The molecule has 0 unspecified atom stereocenters. The number of amides is 1. The van der Waals surface area contributed by atoms with Gasteiger partial charge in [-0.3, -0.25) is 4.79 Å². The van der Waals surface area contributed by atoms with Crippen LogP contribution in [0.5, 0.6) is 0 Å². The molecule has 0 aromatic carbocycles. The molecule has 1 saturated heterocycles. The van der Waals surface area contributed by atoms with E-state index >= 15 is 0 Å². The maximum atomic E-state index is 11.6. The Balaban J connectivity index is 1.72. The number of aromatic nitrogens is 3. The molecule has 21 heavy (non-hydrogen) atoms. The largest absolute Gasteiger partial charge is 0.447 e. The first kappa shape index (κ1) is 13.6. The van der Waals surface area contributed by atoms with Crippen molar-refractivity contribution >= 4 is 17.1 Å². The smallest absolute Gasteiger partial charge is 0.407 e. The summed E-state index contributed by atoms with van der Waals surface area (Å²) >= 11 is 0. The number of hydrogen-bond acceptors (Lipinski definition) is 6. The lowest BCUT2D eigenvalue weighted by atomic mass is 10.1. The molecule has 0 spiro atoms. The van der Waals surface area contributed by atoms with E-state index < -0.39 is 6.09 Å². The van der Waals surface area contributed by atoms with Crippen molar-refractivity contribution in [2.75, 3.05) is 13.2 Å².